The Kier molecular flexibility index (Phi) is 6.63. The molecule has 1 fully saturated rings. The zero-order chi connectivity index (χ0) is 25.3. The second kappa shape index (κ2) is 9.87. The van der Waals surface area contributed by atoms with Gasteiger partial charge in [-0.2, -0.15) is 4.31 Å². The Morgan fingerprint density at radius 3 is 2.31 bits per heavy atom. The van der Waals surface area contributed by atoms with E-state index in [1.165, 1.54) is 11.2 Å². The summed E-state index contributed by atoms with van der Waals surface area (Å²) in [6.07, 6.45) is 1.59. The van der Waals surface area contributed by atoms with Crippen LogP contribution in [-0.4, -0.2) is 68.7 Å². The summed E-state index contributed by atoms with van der Waals surface area (Å²) in [6.45, 7) is 3.98. The predicted molar refractivity (Wildman–Crippen MR) is 138 cm³/mol. The van der Waals surface area contributed by atoms with Crippen LogP contribution in [0, 0.1) is 0 Å². The third-order valence-electron chi connectivity index (χ3n) is 6.79. The number of amides is 1. The van der Waals surface area contributed by atoms with Crippen LogP contribution in [0.3, 0.4) is 0 Å². The van der Waals surface area contributed by atoms with Crippen molar-refractivity contribution in [3.05, 3.63) is 60.2 Å². The normalized spacial score (nSPS) is 16.5. The van der Waals surface area contributed by atoms with Crippen molar-refractivity contribution in [3.63, 3.8) is 0 Å². The molecule has 0 spiro atoms. The van der Waals surface area contributed by atoms with Crippen molar-refractivity contribution in [2.24, 2.45) is 0 Å². The van der Waals surface area contributed by atoms with E-state index in [0.717, 1.165) is 46.9 Å². The largest absolute Gasteiger partial charge is 0.497 e. The highest BCUT2D eigenvalue weighted by Crippen LogP contribution is 2.31. The van der Waals surface area contributed by atoms with Crippen LogP contribution < -0.4 is 14.5 Å². The number of ether oxygens (including phenoxy) is 1. The lowest BCUT2D eigenvalue weighted by molar-refractivity contribution is -0.116. The van der Waals surface area contributed by atoms with E-state index in [0.29, 0.717) is 32.7 Å². The van der Waals surface area contributed by atoms with Crippen LogP contribution >= 0.6 is 0 Å². The lowest BCUT2D eigenvalue weighted by Gasteiger charge is -2.35. The van der Waals surface area contributed by atoms with Crippen LogP contribution in [0.2, 0.25) is 0 Å². The van der Waals surface area contributed by atoms with Crippen molar-refractivity contribution in [3.8, 4) is 17.0 Å². The first-order valence-electron chi connectivity index (χ1n) is 12.0. The monoisotopic (exact) mass is 507 g/mol. The number of hydrogen-bond acceptors (Lipinski definition) is 7. The van der Waals surface area contributed by atoms with Crippen molar-refractivity contribution in [1.29, 1.82) is 0 Å². The molecule has 10 heteroatoms. The summed E-state index contributed by atoms with van der Waals surface area (Å²) >= 11 is 0. The van der Waals surface area contributed by atoms with Crippen LogP contribution in [0.25, 0.3) is 11.3 Å². The highest BCUT2D eigenvalue weighted by atomic mass is 32.2. The zero-order valence-corrected chi connectivity index (χ0v) is 21.2. The van der Waals surface area contributed by atoms with Crippen molar-refractivity contribution < 1.29 is 17.9 Å². The van der Waals surface area contributed by atoms with Gasteiger partial charge in [0.15, 0.2) is 5.82 Å². The maximum absolute atomic E-state index is 13.4. The maximum atomic E-state index is 13.4. The van der Waals surface area contributed by atoms with Gasteiger partial charge in [0.05, 0.1) is 17.7 Å². The van der Waals surface area contributed by atoms with Crippen molar-refractivity contribution in [2.75, 3.05) is 49.6 Å². The fourth-order valence-corrected chi connectivity index (χ4v) is 6.25. The molecule has 9 nitrogen and oxygen atoms in total. The van der Waals surface area contributed by atoms with Gasteiger partial charge in [-0.3, -0.25) is 4.79 Å². The standard InChI is InChI=1S/C26H29N5O4S/c1-19(32)31-13-3-4-21-18-23(9-11-25(21)31)36(33,34)30-16-14-29(15-17-30)26-12-10-24(27-28-26)20-5-7-22(35-2)8-6-20/h5-12,18H,3-4,13-17H2,1-2H3. The Morgan fingerprint density at radius 2 is 1.67 bits per heavy atom. The van der Waals surface area contributed by atoms with Gasteiger partial charge in [0.25, 0.3) is 0 Å². The van der Waals surface area contributed by atoms with E-state index >= 15 is 0 Å². The predicted octanol–water partition coefficient (Wildman–Crippen LogP) is 2.96. The van der Waals surface area contributed by atoms with Gasteiger partial charge < -0.3 is 14.5 Å². The van der Waals surface area contributed by atoms with Gasteiger partial charge in [-0.15, -0.1) is 10.2 Å². The molecule has 1 aromatic heterocycles. The minimum Gasteiger partial charge on any atom is -0.497 e. The molecule has 0 saturated carbocycles. The van der Waals surface area contributed by atoms with Gasteiger partial charge in [0, 0.05) is 50.9 Å². The Labute approximate surface area is 211 Å². The molecule has 0 radical (unpaired) electrons. The number of hydrogen-bond donors (Lipinski definition) is 0. The second-order valence-electron chi connectivity index (χ2n) is 8.96. The number of aromatic nitrogens is 2. The average molecular weight is 508 g/mol. The number of aryl methyl sites for hydroxylation is 1. The maximum Gasteiger partial charge on any atom is 0.243 e. The lowest BCUT2D eigenvalue weighted by atomic mass is 10.0. The van der Waals surface area contributed by atoms with Crippen molar-refractivity contribution in [1.82, 2.24) is 14.5 Å². The minimum absolute atomic E-state index is 0.0252. The Morgan fingerprint density at radius 1 is 0.917 bits per heavy atom. The molecule has 1 saturated heterocycles. The molecule has 188 valence electrons. The number of rotatable bonds is 5. The van der Waals surface area contributed by atoms with Crippen LogP contribution in [0.1, 0.15) is 18.9 Å². The molecule has 3 heterocycles. The molecule has 2 aliphatic heterocycles. The first-order chi connectivity index (χ1) is 17.4. The summed E-state index contributed by atoms with van der Waals surface area (Å²) in [5.74, 6) is 1.48. The second-order valence-corrected chi connectivity index (χ2v) is 10.9. The number of carbonyl (C=O) groups excluding carboxylic acids is 1. The topological polar surface area (TPSA) is 95.9 Å². The summed E-state index contributed by atoms with van der Waals surface area (Å²) in [5.41, 5.74) is 3.43. The van der Waals surface area contributed by atoms with Gasteiger partial charge in [-0.05, 0) is 73.0 Å². The van der Waals surface area contributed by atoms with Gasteiger partial charge >= 0.3 is 0 Å². The molecule has 2 aliphatic rings. The Bertz CT molecular complexity index is 1350. The van der Waals surface area contributed by atoms with Crippen LogP contribution in [0.5, 0.6) is 5.75 Å². The number of fused-ring (bicyclic) bond motifs is 1. The number of anilines is 2. The van der Waals surface area contributed by atoms with E-state index in [-0.39, 0.29) is 10.8 Å². The number of benzene rings is 2. The molecule has 0 bridgehead atoms. The highest BCUT2D eigenvalue weighted by molar-refractivity contribution is 7.89. The molecular formula is C26H29N5O4S. The smallest absolute Gasteiger partial charge is 0.243 e. The van der Waals surface area contributed by atoms with Crippen LogP contribution in [0.15, 0.2) is 59.5 Å². The summed E-state index contributed by atoms with van der Waals surface area (Å²) in [5, 5.41) is 8.74. The molecule has 0 aliphatic carbocycles. The fraction of sp³-hybridized carbons (Fsp3) is 0.346. The fourth-order valence-electron chi connectivity index (χ4n) is 4.78. The highest BCUT2D eigenvalue weighted by Gasteiger charge is 2.30. The van der Waals surface area contributed by atoms with Crippen LogP contribution in [0.4, 0.5) is 11.5 Å². The van der Waals surface area contributed by atoms with E-state index in [1.54, 1.807) is 30.2 Å². The molecular weight excluding hydrogens is 478 g/mol. The molecule has 0 N–H and O–H groups in total. The summed E-state index contributed by atoms with van der Waals surface area (Å²) in [6, 6.07) is 16.6. The number of carbonyl (C=O) groups is 1. The summed E-state index contributed by atoms with van der Waals surface area (Å²) < 4.78 is 33.5. The quantitative estimate of drug-likeness (QED) is 0.524. The SMILES string of the molecule is COc1ccc(-c2ccc(N3CCN(S(=O)(=O)c4ccc5c(c4)CCCN5C(C)=O)CC3)nn2)cc1. The van der Waals surface area contributed by atoms with Crippen molar-refractivity contribution in [2.45, 2.75) is 24.7 Å². The molecule has 3 aromatic rings. The summed E-state index contributed by atoms with van der Waals surface area (Å²) in [7, 11) is -2.00. The first-order valence-corrected chi connectivity index (χ1v) is 13.4. The van der Waals surface area contributed by atoms with E-state index in [4.69, 9.17) is 4.74 Å². The van der Waals surface area contributed by atoms with Gasteiger partial charge in [0.2, 0.25) is 15.9 Å². The Balaban J connectivity index is 1.26. The zero-order valence-electron chi connectivity index (χ0n) is 20.4. The number of sulfonamides is 1. The van der Waals surface area contributed by atoms with E-state index in [2.05, 4.69) is 15.1 Å². The van der Waals surface area contributed by atoms with Crippen LogP contribution in [-0.2, 0) is 21.2 Å². The van der Waals surface area contributed by atoms with E-state index < -0.39 is 10.0 Å². The van der Waals surface area contributed by atoms with Gasteiger partial charge in [-0.25, -0.2) is 8.42 Å². The number of methoxy groups -OCH3 is 1. The van der Waals surface area contributed by atoms with Gasteiger partial charge in [-0.1, -0.05) is 0 Å². The van der Waals surface area contributed by atoms with E-state index in [1.807, 2.05) is 36.4 Å². The third-order valence-corrected chi connectivity index (χ3v) is 8.68. The molecule has 1 amide bonds. The third kappa shape index (κ3) is 4.66. The number of nitrogens with zero attached hydrogens (tertiary/aromatic N) is 5. The van der Waals surface area contributed by atoms with Crippen molar-refractivity contribution >= 4 is 27.4 Å². The number of piperazine rings is 1. The molecule has 0 atom stereocenters. The molecule has 36 heavy (non-hydrogen) atoms. The molecule has 0 unspecified atom stereocenters. The lowest BCUT2D eigenvalue weighted by Crippen LogP contribution is -2.49. The first kappa shape index (κ1) is 24.2. The van der Waals surface area contributed by atoms with E-state index in [9.17, 15) is 13.2 Å². The average Bonchev–Trinajstić information content (AvgIpc) is 2.92. The Hall–Kier alpha value is -3.50. The van der Waals surface area contributed by atoms with Gasteiger partial charge in [0.1, 0.15) is 5.75 Å². The molecule has 5 rings (SSSR count). The summed E-state index contributed by atoms with van der Waals surface area (Å²) in [4.78, 5) is 16.0. The minimum atomic E-state index is -3.63. The molecule has 2 aromatic carbocycles.